The fourth-order valence-electron chi connectivity index (χ4n) is 3.33. The molecule has 0 radical (unpaired) electrons. The molecule has 170 valence electrons. The van der Waals surface area contributed by atoms with Crippen molar-refractivity contribution < 1.29 is 34.8 Å². The third-order valence-electron chi connectivity index (χ3n) is 4.93. The SMILES string of the molecule is O=S(=O)(c1ccc(CNCc2cc(C(F)(F)F)cc(C(F)(F)F)c2)cc1)N1CCCC1. The molecular weight excluding hydrogens is 446 g/mol. The van der Waals surface area contributed by atoms with E-state index in [-0.39, 0.29) is 29.6 Å². The van der Waals surface area contributed by atoms with Crippen LogP contribution in [0.3, 0.4) is 0 Å². The summed E-state index contributed by atoms with van der Waals surface area (Å²) in [6, 6.07) is 7.44. The predicted molar refractivity (Wildman–Crippen MR) is 101 cm³/mol. The molecule has 1 heterocycles. The molecule has 1 N–H and O–H groups in total. The van der Waals surface area contributed by atoms with Crippen LogP contribution in [0.5, 0.6) is 0 Å². The van der Waals surface area contributed by atoms with Crippen LogP contribution in [-0.4, -0.2) is 25.8 Å². The molecule has 1 fully saturated rings. The lowest BCUT2D eigenvalue weighted by atomic mass is 10.0. The Kier molecular flexibility index (Phi) is 6.68. The van der Waals surface area contributed by atoms with E-state index in [4.69, 9.17) is 0 Å². The number of alkyl halides is 6. The summed E-state index contributed by atoms with van der Waals surface area (Å²) in [6.45, 7) is 0.869. The van der Waals surface area contributed by atoms with Crippen LogP contribution >= 0.6 is 0 Å². The van der Waals surface area contributed by atoms with E-state index in [1.54, 1.807) is 12.1 Å². The van der Waals surface area contributed by atoms with Crippen molar-refractivity contribution in [1.29, 1.82) is 0 Å². The van der Waals surface area contributed by atoms with Gasteiger partial charge in [-0.05, 0) is 54.3 Å². The molecule has 0 unspecified atom stereocenters. The standard InChI is InChI=1S/C20H20F6N2O2S/c21-19(22,23)16-9-15(10-17(11-16)20(24,25)26)13-27-12-14-3-5-18(6-4-14)31(29,30)28-7-1-2-8-28/h3-6,9-11,27H,1-2,7-8,12-13H2. The molecule has 1 saturated heterocycles. The Hall–Kier alpha value is -2.11. The molecule has 1 aliphatic heterocycles. The van der Waals surface area contributed by atoms with Crippen LogP contribution < -0.4 is 5.32 Å². The van der Waals surface area contributed by atoms with Crippen molar-refractivity contribution in [2.75, 3.05) is 13.1 Å². The lowest BCUT2D eigenvalue weighted by Gasteiger charge is -2.16. The molecule has 0 amide bonds. The largest absolute Gasteiger partial charge is 0.416 e. The molecule has 0 aliphatic carbocycles. The van der Waals surface area contributed by atoms with Crippen molar-refractivity contribution in [3.8, 4) is 0 Å². The Labute approximate surface area is 175 Å². The van der Waals surface area contributed by atoms with Crippen LogP contribution in [0.4, 0.5) is 26.3 Å². The first-order valence-corrected chi connectivity index (χ1v) is 10.9. The normalized spacial score (nSPS) is 16.1. The Morgan fingerprint density at radius 1 is 0.774 bits per heavy atom. The number of rotatable bonds is 6. The Balaban J connectivity index is 1.67. The molecule has 31 heavy (non-hydrogen) atoms. The molecular formula is C20H20F6N2O2S. The molecule has 0 aromatic heterocycles. The quantitative estimate of drug-likeness (QED) is 0.623. The number of hydrogen-bond acceptors (Lipinski definition) is 3. The number of benzene rings is 2. The van der Waals surface area contributed by atoms with Crippen molar-refractivity contribution in [1.82, 2.24) is 9.62 Å². The van der Waals surface area contributed by atoms with Crippen molar-refractivity contribution in [2.45, 2.75) is 43.2 Å². The Morgan fingerprint density at radius 2 is 1.26 bits per heavy atom. The van der Waals surface area contributed by atoms with Gasteiger partial charge in [0.1, 0.15) is 0 Å². The number of halogens is 6. The summed E-state index contributed by atoms with van der Waals surface area (Å²) in [5.74, 6) is 0. The van der Waals surface area contributed by atoms with E-state index in [0.29, 0.717) is 30.8 Å². The molecule has 11 heteroatoms. The maximum atomic E-state index is 12.9. The van der Waals surface area contributed by atoms with Crippen LogP contribution in [0.2, 0.25) is 0 Å². The summed E-state index contributed by atoms with van der Waals surface area (Å²) in [4.78, 5) is 0.144. The van der Waals surface area contributed by atoms with Gasteiger partial charge in [0.25, 0.3) is 0 Å². The lowest BCUT2D eigenvalue weighted by Crippen LogP contribution is -2.27. The highest BCUT2D eigenvalue weighted by Gasteiger charge is 2.36. The zero-order chi connectivity index (χ0) is 22.9. The van der Waals surface area contributed by atoms with Gasteiger partial charge >= 0.3 is 12.4 Å². The highest BCUT2D eigenvalue weighted by atomic mass is 32.2. The summed E-state index contributed by atoms with van der Waals surface area (Å²) in [5, 5.41) is 2.79. The van der Waals surface area contributed by atoms with Crippen LogP contribution in [0.1, 0.15) is 35.1 Å². The van der Waals surface area contributed by atoms with Gasteiger partial charge in [-0.1, -0.05) is 12.1 Å². The third kappa shape index (κ3) is 5.78. The highest BCUT2D eigenvalue weighted by molar-refractivity contribution is 7.89. The van der Waals surface area contributed by atoms with E-state index < -0.39 is 33.5 Å². The molecule has 4 nitrogen and oxygen atoms in total. The van der Waals surface area contributed by atoms with Gasteiger partial charge in [-0.15, -0.1) is 0 Å². The summed E-state index contributed by atoms with van der Waals surface area (Å²) >= 11 is 0. The minimum atomic E-state index is -4.90. The van der Waals surface area contributed by atoms with Gasteiger partial charge in [-0.25, -0.2) is 8.42 Å². The second-order valence-electron chi connectivity index (χ2n) is 7.27. The van der Waals surface area contributed by atoms with Gasteiger partial charge in [0.05, 0.1) is 16.0 Å². The summed E-state index contributed by atoms with van der Waals surface area (Å²) in [6.07, 6.45) is -8.17. The van der Waals surface area contributed by atoms with E-state index in [1.807, 2.05) is 0 Å². The van der Waals surface area contributed by atoms with E-state index >= 15 is 0 Å². The fourth-order valence-corrected chi connectivity index (χ4v) is 4.85. The van der Waals surface area contributed by atoms with Gasteiger partial charge in [0.15, 0.2) is 0 Å². The highest BCUT2D eigenvalue weighted by Crippen LogP contribution is 2.36. The zero-order valence-corrected chi connectivity index (χ0v) is 17.0. The topological polar surface area (TPSA) is 49.4 Å². The van der Waals surface area contributed by atoms with Gasteiger partial charge in [0.2, 0.25) is 10.0 Å². The van der Waals surface area contributed by atoms with Gasteiger partial charge in [-0.2, -0.15) is 30.6 Å². The number of nitrogens with one attached hydrogen (secondary N) is 1. The van der Waals surface area contributed by atoms with Crippen LogP contribution in [0.15, 0.2) is 47.4 Å². The predicted octanol–water partition coefficient (Wildman–Crippen LogP) is 4.80. The van der Waals surface area contributed by atoms with Crippen LogP contribution in [0, 0.1) is 0 Å². The zero-order valence-electron chi connectivity index (χ0n) is 16.2. The molecule has 1 aliphatic rings. The van der Waals surface area contributed by atoms with E-state index in [0.717, 1.165) is 12.8 Å². The monoisotopic (exact) mass is 466 g/mol. The third-order valence-corrected chi connectivity index (χ3v) is 6.84. The van der Waals surface area contributed by atoms with Crippen molar-refractivity contribution >= 4 is 10.0 Å². The summed E-state index contributed by atoms with van der Waals surface area (Å²) < 4.78 is 104. The van der Waals surface area contributed by atoms with E-state index in [1.165, 1.54) is 16.4 Å². The summed E-state index contributed by atoms with van der Waals surface area (Å²) in [5.41, 5.74) is -2.25. The van der Waals surface area contributed by atoms with Gasteiger partial charge < -0.3 is 5.32 Å². The van der Waals surface area contributed by atoms with Gasteiger partial charge in [-0.3, -0.25) is 0 Å². The first-order valence-electron chi connectivity index (χ1n) is 9.45. The Morgan fingerprint density at radius 3 is 1.74 bits per heavy atom. The minimum Gasteiger partial charge on any atom is -0.309 e. The molecule has 0 saturated carbocycles. The fraction of sp³-hybridized carbons (Fsp3) is 0.400. The maximum Gasteiger partial charge on any atom is 0.416 e. The minimum absolute atomic E-state index is 0.0863. The first-order chi connectivity index (χ1) is 14.4. The second kappa shape index (κ2) is 8.79. The molecule has 0 atom stereocenters. The van der Waals surface area contributed by atoms with Crippen LogP contribution in [-0.2, 0) is 35.5 Å². The molecule has 0 bridgehead atoms. The first kappa shape index (κ1) is 23.6. The van der Waals surface area contributed by atoms with Crippen molar-refractivity contribution in [3.05, 3.63) is 64.7 Å². The van der Waals surface area contributed by atoms with E-state index in [2.05, 4.69) is 5.32 Å². The number of nitrogens with zero attached hydrogens (tertiary/aromatic N) is 1. The molecule has 3 rings (SSSR count). The smallest absolute Gasteiger partial charge is 0.309 e. The van der Waals surface area contributed by atoms with Crippen molar-refractivity contribution in [3.63, 3.8) is 0 Å². The average Bonchev–Trinajstić information content (AvgIpc) is 3.22. The molecule has 2 aromatic carbocycles. The number of sulfonamides is 1. The Bertz CT molecular complexity index is 979. The molecule has 0 spiro atoms. The van der Waals surface area contributed by atoms with Crippen LogP contribution in [0.25, 0.3) is 0 Å². The molecule has 2 aromatic rings. The number of hydrogen-bond donors (Lipinski definition) is 1. The summed E-state index contributed by atoms with van der Waals surface area (Å²) in [7, 11) is -3.56. The average molecular weight is 466 g/mol. The van der Waals surface area contributed by atoms with E-state index in [9.17, 15) is 34.8 Å². The second-order valence-corrected chi connectivity index (χ2v) is 9.21. The lowest BCUT2D eigenvalue weighted by molar-refractivity contribution is -0.143. The maximum absolute atomic E-state index is 12.9. The van der Waals surface area contributed by atoms with Crippen molar-refractivity contribution in [2.24, 2.45) is 0 Å². The van der Waals surface area contributed by atoms with Gasteiger partial charge in [0, 0.05) is 26.2 Å².